The number of nitrogens with two attached hydrogens (primary N) is 1. The van der Waals surface area contributed by atoms with Crippen molar-refractivity contribution in [2.45, 2.75) is 51.4 Å². The highest BCUT2D eigenvalue weighted by molar-refractivity contribution is 7.84. The minimum Gasteiger partial charge on any atom is -0.325 e. The average Bonchev–Trinajstić information content (AvgIpc) is 2.62. The van der Waals surface area contributed by atoms with E-state index in [1.165, 1.54) is 0 Å². The number of nitrogens with zero attached hydrogens (tertiary/aromatic N) is 2. The first kappa shape index (κ1) is 14.4. The lowest BCUT2D eigenvalue weighted by Gasteiger charge is -2.16. The maximum absolute atomic E-state index is 11.9. The lowest BCUT2D eigenvalue weighted by Crippen LogP contribution is -2.38. The molecule has 0 spiro atoms. The first-order valence-electron chi connectivity index (χ1n) is 5.99. The zero-order valence-electron chi connectivity index (χ0n) is 11.1. The van der Waals surface area contributed by atoms with Crippen molar-refractivity contribution in [1.29, 1.82) is 0 Å². The van der Waals surface area contributed by atoms with Crippen LogP contribution in [0.5, 0.6) is 0 Å². The van der Waals surface area contributed by atoms with Gasteiger partial charge in [0.25, 0.3) is 0 Å². The van der Waals surface area contributed by atoms with Crippen molar-refractivity contribution in [1.82, 2.24) is 9.78 Å². The van der Waals surface area contributed by atoms with Crippen LogP contribution in [0.25, 0.3) is 0 Å². The van der Waals surface area contributed by atoms with Gasteiger partial charge in [0.1, 0.15) is 0 Å². The highest BCUT2D eigenvalue weighted by atomic mass is 32.2. The van der Waals surface area contributed by atoms with Crippen LogP contribution in [0.15, 0.2) is 12.3 Å². The molecule has 2 N–H and O–H groups in total. The maximum atomic E-state index is 11.9. The zero-order chi connectivity index (χ0) is 13.1. The second-order valence-corrected chi connectivity index (χ2v) is 6.72. The molecule has 0 bridgehead atoms. The van der Waals surface area contributed by atoms with E-state index in [0.717, 1.165) is 12.1 Å². The molecule has 0 aliphatic heterocycles. The summed E-state index contributed by atoms with van der Waals surface area (Å²) in [6.45, 7) is 8.03. The fraction of sp³-hybridized carbons (Fsp3) is 0.750. The van der Waals surface area contributed by atoms with Crippen LogP contribution in [0.2, 0.25) is 0 Å². The summed E-state index contributed by atoms with van der Waals surface area (Å²) >= 11 is 0. The van der Waals surface area contributed by atoms with Crippen molar-refractivity contribution in [3.05, 3.63) is 18.0 Å². The highest BCUT2D eigenvalue weighted by Gasteiger charge is 2.16. The molecule has 4 nitrogen and oxygen atoms in total. The summed E-state index contributed by atoms with van der Waals surface area (Å²) < 4.78 is 13.8. The van der Waals surface area contributed by atoms with E-state index in [-0.39, 0.29) is 5.54 Å². The Bertz CT molecular complexity index is 381. The summed E-state index contributed by atoms with van der Waals surface area (Å²) in [5.41, 5.74) is 6.34. The van der Waals surface area contributed by atoms with Gasteiger partial charge in [0.05, 0.1) is 11.4 Å². The Labute approximate surface area is 106 Å². The summed E-state index contributed by atoms with van der Waals surface area (Å²) in [6.07, 6.45) is 2.99. The van der Waals surface area contributed by atoms with Crippen molar-refractivity contribution < 1.29 is 4.21 Å². The molecule has 0 fully saturated rings. The lowest BCUT2D eigenvalue weighted by molar-refractivity contribution is 0.475. The summed E-state index contributed by atoms with van der Waals surface area (Å²) in [6, 6.07) is 2.33. The number of hydrogen-bond donors (Lipinski definition) is 1. The quantitative estimate of drug-likeness (QED) is 0.846. The summed E-state index contributed by atoms with van der Waals surface area (Å²) in [4.78, 5) is 0. The molecular weight excluding hydrogens is 234 g/mol. The Hall–Kier alpha value is -0.680. The Kier molecular flexibility index (Phi) is 4.89. The number of aromatic nitrogens is 2. The van der Waals surface area contributed by atoms with Gasteiger partial charge in [0, 0.05) is 34.3 Å². The van der Waals surface area contributed by atoms with Gasteiger partial charge >= 0.3 is 0 Å². The Morgan fingerprint density at radius 1 is 1.59 bits per heavy atom. The SMILES string of the molecule is CCC(C)n1ccc(CS(=O)CC(C)(C)N)n1. The van der Waals surface area contributed by atoms with Crippen LogP contribution in [0, 0.1) is 0 Å². The fourth-order valence-electron chi connectivity index (χ4n) is 1.52. The fourth-order valence-corrected chi connectivity index (χ4v) is 2.93. The average molecular weight is 257 g/mol. The van der Waals surface area contributed by atoms with Gasteiger partial charge in [-0.25, -0.2) is 0 Å². The molecule has 2 atom stereocenters. The lowest BCUT2D eigenvalue weighted by atomic mass is 10.1. The van der Waals surface area contributed by atoms with Crippen LogP contribution in [0.3, 0.4) is 0 Å². The molecular formula is C12H23N3OS. The van der Waals surface area contributed by atoms with Gasteiger partial charge in [0.15, 0.2) is 0 Å². The molecule has 5 heteroatoms. The second-order valence-electron chi connectivity index (χ2n) is 5.26. The second kappa shape index (κ2) is 5.78. The zero-order valence-corrected chi connectivity index (χ0v) is 12.0. The van der Waals surface area contributed by atoms with E-state index in [1.54, 1.807) is 0 Å². The van der Waals surface area contributed by atoms with E-state index in [1.807, 2.05) is 30.8 Å². The van der Waals surface area contributed by atoms with Crippen molar-refractivity contribution in [3.8, 4) is 0 Å². The van der Waals surface area contributed by atoms with E-state index in [9.17, 15) is 4.21 Å². The summed E-state index contributed by atoms with van der Waals surface area (Å²) in [5.74, 6) is 0.993. The first-order chi connectivity index (χ1) is 7.81. The van der Waals surface area contributed by atoms with Crippen LogP contribution in [-0.2, 0) is 16.6 Å². The summed E-state index contributed by atoms with van der Waals surface area (Å²) in [7, 11) is -0.943. The van der Waals surface area contributed by atoms with Gasteiger partial charge in [-0.1, -0.05) is 6.92 Å². The van der Waals surface area contributed by atoms with Gasteiger partial charge in [-0.3, -0.25) is 8.89 Å². The molecule has 0 saturated carbocycles. The van der Waals surface area contributed by atoms with Crippen molar-refractivity contribution in [3.63, 3.8) is 0 Å². The molecule has 17 heavy (non-hydrogen) atoms. The minimum absolute atomic E-state index is 0.385. The third kappa shape index (κ3) is 5.00. The Morgan fingerprint density at radius 3 is 2.76 bits per heavy atom. The molecule has 1 aromatic rings. The normalized spacial score (nSPS) is 15.8. The Balaban J connectivity index is 2.58. The van der Waals surface area contributed by atoms with Crippen LogP contribution >= 0.6 is 0 Å². The maximum Gasteiger partial charge on any atom is 0.0749 e. The highest BCUT2D eigenvalue weighted by Crippen LogP contribution is 2.11. The predicted octanol–water partition coefficient (Wildman–Crippen LogP) is 1.84. The summed E-state index contributed by atoms with van der Waals surface area (Å²) in [5, 5.41) is 4.43. The third-order valence-corrected chi connectivity index (χ3v) is 4.23. The van der Waals surface area contributed by atoms with Gasteiger partial charge in [-0.15, -0.1) is 0 Å². The molecule has 0 amide bonds. The molecule has 0 radical (unpaired) electrons. The van der Waals surface area contributed by atoms with E-state index < -0.39 is 10.8 Å². The monoisotopic (exact) mass is 257 g/mol. The van der Waals surface area contributed by atoms with Gasteiger partial charge in [0.2, 0.25) is 0 Å². The largest absolute Gasteiger partial charge is 0.325 e. The van der Waals surface area contributed by atoms with Gasteiger partial charge in [-0.2, -0.15) is 5.10 Å². The number of hydrogen-bond acceptors (Lipinski definition) is 3. The Morgan fingerprint density at radius 2 is 2.24 bits per heavy atom. The minimum atomic E-state index is -0.943. The molecule has 0 aliphatic carbocycles. The third-order valence-electron chi connectivity index (χ3n) is 2.55. The first-order valence-corrected chi connectivity index (χ1v) is 7.48. The predicted molar refractivity (Wildman–Crippen MR) is 72.2 cm³/mol. The molecule has 98 valence electrons. The van der Waals surface area contributed by atoms with E-state index in [0.29, 0.717) is 17.5 Å². The smallest absolute Gasteiger partial charge is 0.0749 e. The molecule has 1 heterocycles. The van der Waals surface area contributed by atoms with Crippen LogP contribution in [0.4, 0.5) is 0 Å². The van der Waals surface area contributed by atoms with E-state index in [4.69, 9.17) is 5.73 Å². The molecule has 0 aromatic carbocycles. The van der Waals surface area contributed by atoms with Crippen LogP contribution < -0.4 is 5.73 Å². The van der Waals surface area contributed by atoms with Gasteiger partial charge < -0.3 is 5.73 Å². The molecule has 1 rings (SSSR count). The van der Waals surface area contributed by atoms with E-state index >= 15 is 0 Å². The van der Waals surface area contributed by atoms with Crippen LogP contribution in [0.1, 0.15) is 45.9 Å². The van der Waals surface area contributed by atoms with E-state index in [2.05, 4.69) is 18.9 Å². The van der Waals surface area contributed by atoms with Gasteiger partial charge in [-0.05, 0) is 33.3 Å². The molecule has 1 aromatic heterocycles. The molecule has 0 aliphatic rings. The van der Waals surface area contributed by atoms with Crippen molar-refractivity contribution >= 4 is 10.8 Å². The topological polar surface area (TPSA) is 60.9 Å². The molecule has 0 saturated heterocycles. The van der Waals surface area contributed by atoms with Crippen molar-refractivity contribution in [2.75, 3.05) is 5.75 Å². The van der Waals surface area contributed by atoms with Crippen molar-refractivity contribution in [2.24, 2.45) is 5.73 Å². The number of rotatable bonds is 6. The van der Waals surface area contributed by atoms with Crippen LogP contribution in [-0.4, -0.2) is 25.3 Å². The standard InChI is InChI=1S/C12H23N3OS/c1-5-10(2)15-7-6-11(14-15)8-17(16)9-12(3,4)13/h6-7,10H,5,8-9,13H2,1-4H3. The molecule has 2 unspecified atom stereocenters.